The molecule has 1 aromatic carbocycles. The number of nitro benzene ring substituents is 1. The SMILES string of the molecule is CC(C)C(O)CNc1ccc(C(=O)N(C)C)cc1[N+](=O)[O-]. The van der Waals surface area contributed by atoms with Crippen LogP contribution in [0.2, 0.25) is 0 Å². The van der Waals surface area contributed by atoms with Crippen LogP contribution in [0.25, 0.3) is 0 Å². The predicted molar refractivity (Wildman–Crippen MR) is 80.4 cm³/mol. The van der Waals surface area contributed by atoms with Crippen LogP contribution in [0, 0.1) is 16.0 Å². The molecular formula is C14H21N3O4. The van der Waals surface area contributed by atoms with Crippen LogP contribution in [0.3, 0.4) is 0 Å². The summed E-state index contributed by atoms with van der Waals surface area (Å²) in [6.07, 6.45) is -0.604. The fraction of sp³-hybridized carbons (Fsp3) is 0.500. The Kier molecular flexibility index (Phi) is 5.66. The number of carbonyl (C=O) groups is 1. The molecule has 0 aliphatic carbocycles. The second-order valence-corrected chi connectivity index (χ2v) is 5.38. The van der Waals surface area contributed by atoms with Crippen molar-refractivity contribution in [1.29, 1.82) is 0 Å². The quantitative estimate of drug-likeness (QED) is 0.615. The van der Waals surface area contributed by atoms with E-state index in [1.807, 2.05) is 13.8 Å². The second-order valence-electron chi connectivity index (χ2n) is 5.38. The highest BCUT2D eigenvalue weighted by molar-refractivity contribution is 5.95. The first-order valence-corrected chi connectivity index (χ1v) is 6.66. The third-order valence-corrected chi connectivity index (χ3v) is 3.12. The molecule has 0 aliphatic heterocycles. The molecule has 0 aliphatic rings. The Morgan fingerprint density at radius 1 is 1.43 bits per heavy atom. The van der Waals surface area contributed by atoms with Crippen molar-refractivity contribution in [2.45, 2.75) is 20.0 Å². The van der Waals surface area contributed by atoms with Gasteiger partial charge in [0.25, 0.3) is 11.6 Å². The normalized spacial score (nSPS) is 12.1. The Morgan fingerprint density at radius 2 is 2.05 bits per heavy atom. The van der Waals surface area contributed by atoms with Crippen molar-refractivity contribution in [3.8, 4) is 0 Å². The first-order chi connectivity index (χ1) is 9.73. The standard InChI is InChI=1S/C14H21N3O4/c1-9(2)13(18)8-15-11-6-5-10(14(19)16(3)4)7-12(11)17(20)21/h5-7,9,13,15,18H,8H2,1-4H3. The summed E-state index contributed by atoms with van der Waals surface area (Å²) in [5, 5.41) is 23.7. The second kappa shape index (κ2) is 7.03. The van der Waals surface area contributed by atoms with E-state index >= 15 is 0 Å². The largest absolute Gasteiger partial charge is 0.391 e. The topological polar surface area (TPSA) is 95.7 Å². The van der Waals surface area contributed by atoms with E-state index in [0.717, 1.165) is 0 Å². The van der Waals surface area contributed by atoms with Gasteiger partial charge in [0.15, 0.2) is 0 Å². The summed E-state index contributed by atoms with van der Waals surface area (Å²) < 4.78 is 0. The van der Waals surface area contributed by atoms with E-state index in [9.17, 15) is 20.0 Å². The Labute approximate surface area is 123 Å². The fourth-order valence-corrected chi connectivity index (χ4v) is 1.67. The van der Waals surface area contributed by atoms with Gasteiger partial charge in [-0.2, -0.15) is 0 Å². The van der Waals surface area contributed by atoms with Crippen molar-refractivity contribution in [2.75, 3.05) is 26.0 Å². The number of hydrogen-bond donors (Lipinski definition) is 2. The Hall–Kier alpha value is -2.15. The van der Waals surface area contributed by atoms with Gasteiger partial charge in [0.2, 0.25) is 0 Å². The number of anilines is 1. The number of nitrogens with zero attached hydrogens (tertiary/aromatic N) is 2. The lowest BCUT2D eigenvalue weighted by atomic mass is 10.1. The number of carbonyl (C=O) groups excluding carboxylic acids is 1. The van der Waals surface area contributed by atoms with Gasteiger partial charge in [-0.05, 0) is 18.1 Å². The predicted octanol–water partition coefficient (Wildman–Crippen LogP) is 1.73. The number of nitrogens with one attached hydrogen (secondary N) is 1. The molecule has 2 N–H and O–H groups in total. The average molecular weight is 295 g/mol. The minimum Gasteiger partial charge on any atom is -0.391 e. The van der Waals surface area contributed by atoms with Crippen LogP contribution in [0.15, 0.2) is 18.2 Å². The molecule has 116 valence electrons. The molecule has 0 bridgehead atoms. The molecule has 0 saturated heterocycles. The summed E-state index contributed by atoms with van der Waals surface area (Å²) in [7, 11) is 3.17. The van der Waals surface area contributed by atoms with Crippen molar-refractivity contribution in [1.82, 2.24) is 4.90 Å². The average Bonchev–Trinajstić information content (AvgIpc) is 2.43. The summed E-state index contributed by atoms with van der Waals surface area (Å²) >= 11 is 0. The molecule has 7 nitrogen and oxygen atoms in total. The molecule has 1 atom stereocenters. The number of rotatable bonds is 6. The first-order valence-electron chi connectivity index (χ1n) is 6.66. The van der Waals surface area contributed by atoms with Gasteiger partial charge in [-0.25, -0.2) is 0 Å². The number of amides is 1. The maximum atomic E-state index is 11.8. The number of nitro groups is 1. The van der Waals surface area contributed by atoms with Crippen molar-refractivity contribution < 1.29 is 14.8 Å². The molecule has 0 fully saturated rings. The van der Waals surface area contributed by atoms with Crippen molar-refractivity contribution in [3.63, 3.8) is 0 Å². The van der Waals surface area contributed by atoms with Gasteiger partial charge in [-0.1, -0.05) is 13.8 Å². The Bertz CT molecular complexity index is 529. The fourth-order valence-electron chi connectivity index (χ4n) is 1.67. The highest BCUT2D eigenvalue weighted by Crippen LogP contribution is 2.26. The van der Waals surface area contributed by atoms with Crippen molar-refractivity contribution >= 4 is 17.3 Å². The van der Waals surface area contributed by atoms with Gasteiger partial charge in [0.05, 0.1) is 11.0 Å². The Morgan fingerprint density at radius 3 is 2.52 bits per heavy atom. The van der Waals surface area contributed by atoms with Crippen LogP contribution in [-0.2, 0) is 0 Å². The van der Waals surface area contributed by atoms with Gasteiger partial charge < -0.3 is 15.3 Å². The van der Waals surface area contributed by atoms with Crippen LogP contribution >= 0.6 is 0 Å². The molecule has 21 heavy (non-hydrogen) atoms. The van der Waals surface area contributed by atoms with E-state index in [1.165, 1.54) is 23.1 Å². The molecule has 7 heteroatoms. The van der Waals surface area contributed by atoms with Gasteiger partial charge >= 0.3 is 0 Å². The van der Waals surface area contributed by atoms with Crippen LogP contribution < -0.4 is 5.32 Å². The molecule has 1 rings (SSSR count). The number of aliphatic hydroxyl groups excluding tert-OH is 1. The van der Waals surface area contributed by atoms with E-state index in [1.54, 1.807) is 14.1 Å². The number of hydrogen-bond acceptors (Lipinski definition) is 5. The highest BCUT2D eigenvalue weighted by atomic mass is 16.6. The minimum absolute atomic E-state index is 0.0474. The van der Waals surface area contributed by atoms with Crippen LogP contribution in [0.5, 0.6) is 0 Å². The molecular weight excluding hydrogens is 274 g/mol. The summed E-state index contributed by atoms with van der Waals surface area (Å²) in [4.78, 5) is 23.8. The van der Waals surface area contributed by atoms with Crippen molar-refractivity contribution in [3.05, 3.63) is 33.9 Å². The third-order valence-electron chi connectivity index (χ3n) is 3.12. The van der Waals surface area contributed by atoms with Crippen molar-refractivity contribution in [2.24, 2.45) is 5.92 Å². The van der Waals surface area contributed by atoms with Crippen LogP contribution in [0.4, 0.5) is 11.4 Å². The van der Waals surface area contributed by atoms with E-state index in [4.69, 9.17) is 0 Å². The summed E-state index contributed by atoms with van der Waals surface area (Å²) in [5.74, 6) is -0.252. The molecule has 1 unspecified atom stereocenters. The molecule has 0 radical (unpaired) electrons. The van der Waals surface area contributed by atoms with E-state index in [2.05, 4.69) is 5.32 Å². The van der Waals surface area contributed by atoms with E-state index in [-0.39, 0.29) is 35.3 Å². The van der Waals surface area contributed by atoms with Crippen LogP contribution in [0.1, 0.15) is 24.2 Å². The van der Waals surface area contributed by atoms with Gasteiger partial charge in [0, 0.05) is 32.3 Å². The first kappa shape index (κ1) is 16.9. The van der Waals surface area contributed by atoms with Gasteiger partial charge in [-0.3, -0.25) is 14.9 Å². The molecule has 0 saturated carbocycles. The molecule has 1 amide bonds. The van der Waals surface area contributed by atoms with E-state index in [0.29, 0.717) is 0 Å². The van der Waals surface area contributed by atoms with Crippen LogP contribution in [-0.4, -0.2) is 47.6 Å². The molecule has 0 spiro atoms. The zero-order chi connectivity index (χ0) is 16.2. The maximum Gasteiger partial charge on any atom is 0.293 e. The minimum atomic E-state index is -0.604. The van der Waals surface area contributed by atoms with Gasteiger partial charge in [0.1, 0.15) is 5.69 Å². The van der Waals surface area contributed by atoms with E-state index < -0.39 is 11.0 Å². The Balaban J connectivity index is 3.00. The monoisotopic (exact) mass is 295 g/mol. The lowest BCUT2D eigenvalue weighted by molar-refractivity contribution is -0.384. The lowest BCUT2D eigenvalue weighted by Crippen LogP contribution is -2.25. The highest BCUT2D eigenvalue weighted by Gasteiger charge is 2.19. The summed E-state index contributed by atoms with van der Waals surface area (Å²) in [6, 6.07) is 4.26. The smallest absolute Gasteiger partial charge is 0.293 e. The number of benzene rings is 1. The summed E-state index contributed by atoms with van der Waals surface area (Å²) in [5.41, 5.74) is 0.357. The summed E-state index contributed by atoms with van der Waals surface area (Å²) in [6.45, 7) is 3.93. The zero-order valence-electron chi connectivity index (χ0n) is 12.7. The van der Waals surface area contributed by atoms with Gasteiger partial charge in [-0.15, -0.1) is 0 Å². The molecule has 1 aromatic rings. The maximum absolute atomic E-state index is 11.8. The third kappa shape index (κ3) is 4.42. The zero-order valence-corrected chi connectivity index (χ0v) is 12.7. The number of aliphatic hydroxyl groups is 1. The lowest BCUT2D eigenvalue weighted by Gasteiger charge is -2.16. The molecule has 0 heterocycles. The molecule has 0 aromatic heterocycles.